The lowest BCUT2D eigenvalue weighted by molar-refractivity contribution is -0.122. The van der Waals surface area contributed by atoms with E-state index in [1.54, 1.807) is 12.1 Å². The summed E-state index contributed by atoms with van der Waals surface area (Å²) in [4.78, 5) is 23.5. The highest BCUT2D eigenvalue weighted by Gasteiger charge is 2.37. The van der Waals surface area contributed by atoms with Crippen LogP contribution in [0.4, 0.5) is 24.5 Å². The van der Waals surface area contributed by atoms with E-state index in [0.717, 1.165) is 22.5 Å². The third-order valence-electron chi connectivity index (χ3n) is 5.11. The summed E-state index contributed by atoms with van der Waals surface area (Å²) in [5.74, 6) is -3.71. The van der Waals surface area contributed by atoms with Gasteiger partial charge in [-0.25, -0.2) is 17.6 Å². The average molecular weight is 522 g/mol. The fraction of sp³-hybridized carbons (Fsp3) is 0.130. The first-order valence-corrected chi connectivity index (χ1v) is 11.7. The molecule has 36 heavy (non-hydrogen) atoms. The molecule has 1 atom stereocenters. The van der Waals surface area contributed by atoms with Crippen molar-refractivity contribution in [3.63, 3.8) is 0 Å². The SMILES string of the molecule is O=C(O)c1ccc(NC(=O)C2CN(S(=O)(=O)c3cccc(OC(F)F)c3)c3ccccc3O2)cc1F. The van der Waals surface area contributed by atoms with Crippen molar-refractivity contribution in [3.05, 3.63) is 78.1 Å². The third-order valence-corrected chi connectivity index (χ3v) is 6.89. The van der Waals surface area contributed by atoms with Crippen molar-refractivity contribution in [2.24, 2.45) is 0 Å². The fourth-order valence-corrected chi connectivity index (χ4v) is 5.01. The highest BCUT2D eigenvalue weighted by atomic mass is 32.2. The third kappa shape index (κ3) is 5.05. The zero-order valence-corrected chi connectivity index (χ0v) is 18.9. The Morgan fingerprint density at radius 3 is 2.53 bits per heavy atom. The monoisotopic (exact) mass is 522 g/mol. The Bertz CT molecular complexity index is 1430. The smallest absolute Gasteiger partial charge is 0.387 e. The number of carbonyl (C=O) groups excluding carboxylic acids is 1. The summed E-state index contributed by atoms with van der Waals surface area (Å²) < 4.78 is 77.0. The Labute approximate surface area is 202 Å². The van der Waals surface area contributed by atoms with Crippen molar-refractivity contribution in [1.82, 2.24) is 0 Å². The number of nitrogens with zero attached hydrogens (tertiary/aromatic N) is 1. The molecule has 0 saturated heterocycles. The summed E-state index contributed by atoms with van der Waals surface area (Å²) in [6.07, 6.45) is -1.39. The van der Waals surface area contributed by atoms with Crippen LogP contribution in [-0.4, -0.2) is 44.7 Å². The van der Waals surface area contributed by atoms with Gasteiger partial charge in [-0.05, 0) is 42.5 Å². The first-order chi connectivity index (χ1) is 17.1. The van der Waals surface area contributed by atoms with Crippen LogP contribution < -0.4 is 19.1 Å². The van der Waals surface area contributed by atoms with E-state index in [9.17, 15) is 31.2 Å². The highest BCUT2D eigenvalue weighted by molar-refractivity contribution is 7.92. The number of para-hydroxylation sites is 2. The molecule has 188 valence electrons. The van der Waals surface area contributed by atoms with Crippen LogP contribution in [0.1, 0.15) is 10.4 Å². The van der Waals surface area contributed by atoms with Gasteiger partial charge in [0.25, 0.3) is 15.9 Å². The van der Waals surface area contributed by atoms with Crippen molar-refractivity contribution in [2.75, 3.05) is 16.2 Å². The maximum Gasteiger partial charge on any atom is 0.387 e. The zero-order chi connectivity index (χ0) is 26.0. The number of amides is 1. The molecular weight excluding hydrogens is 505 g/mol. The van der Waals surface area contributed by atoms with Crippen molar-refractivity contribution in [2.45, 2.75) is 17.6 Å². The van der Waals surface area contributed by atoms with Crippen LogP contribution in [0.3, 0.4) is 0 Å². The van der Waals surface area contributed by atoms with Crippen LogP contribution in [0, 0.1) is 5.82 Å². The van der Waals surface area contributed by atoms with Crippen molar-refractivity contribution >= 4 is 33.3 Å². The van der Waals surface area contributed by atoms with Gasteiger partial charge < -0.3 is 19.9 Å². The Morgan fingerprint density at radius 1 is 1.08 bits per heavy atom. The normalized spacial score (nSPS) is 15.1. The van der Waals surface area contributed by atoms with Gasteiger partial charge in [0, 0.05) is 11.8 Å². The summed E-state index contributed by atoms with van der Waals surface area (Å²) in [5, 5.41) is 11.3. The van der Waals surface area contributed by atoms with Gasteiger partial charge in [0.15, 0.2) is 6.10 Å². The Kier molecular flexibility index (Phi) is 6.75. The lowest BCUT2D eigenvalue weighted by atomic mass is 10.1. The van der Waals surface area contributed by atoms with Crippen LogP contribution in [0.15, 0.2) is 71.6 Å². The maximum absolute atomic E-state index is 14.0. The minimum Gasteiger partial charge on any atom is -0.478 e. The molecule has 1 heterocycles. The molecule has 1 amide bonds. The lowest BCUT2D eigenvalue weighted by Crippen LogP contribution is -2.48. The highest BCUT2D eigenvalue weighted by Crippen LogP contribution is 2.37. The molecule has 3 aromatic rings. The van der Waals surface area contributed by atoms with E-state index in [1.165, 1.54) is 36.4 Å². The number of ether oxygens (including phenoxy) is 2. The van der Waals surface area contributed by atoms with Gasteiger partial charge in [0.05, 0.1) is 22.7 Å². The number of aromatic carboxylic acids is 1. The number of hydrogen-bond acceptors (Lipinski definition) is 6. The molecular formula is C23H17F3N2O7S. The molecule has 2 N–H and O–H groups in total. The van der Waals surface area contributed by atoms with Gasteiger partial charge in [0.1, 0.15) is 17.3 Å². The minimum atomic E-state index is -4.37. The number of rotatable bonds is 7. The van der Waals surface area contributed by atoms with Gasteiger partial charge in [0.2, 0.25) is 0 Å². The molecule has 0 bridgehead atoms. The largest absolute Gasteiger partial charge is 0.478 e. The van der Waals surface area contributed by atoms with Crippen molar-refractivity contribution < 1.29 is 45.8 Å². The van der Waals surface area contributed by atoms with E-state index in [4.69, 9.17) is 9.84 Å². The van der Waals surface area contributed by atoms with Crippen molar-refractivity contribution in [1.29, 1.82) is 0 Å². The number of hydrogen-bond donors (Lipinski definition) is 2. The van der Waals surface area contributed by atoms with E-state index in [-0.39, 0.29) is 27.8 Å². The number of alkyl halides is 2. The van der Waals surface area contributed by atoms with E-state index >= 15 is 0 Å². The van der Waals surface area contributed by atoms with Gasteiger partial charge >= 0.3 is 12.6 Å². The fourth-order valence-electron chi connectivity index (χ4n) is 3.49. The predicted molar refractivity (Wildman–Crippen MR) is 120 cm³/mol. The quantitative estimate of drug-likeness (QED) is 0.485. The first-order valence-electron chi connectivity index (χ1n) is 10.2. The van der Waals surface area contributed by atoms with E-state index in [0.29, 0.717) is 0 Å². The first kappa shape index (κ1) is 24.9. The minimum absolute atomic E-state index is 0.0554. The average Bonchev–Trinajstić information content (AvgIpc) is 2.83. The summed E-state index contributed by atoms with van der Waals surface area (Å²) >= 11 is 0. The second kappa shape index (κ2) is 9.77. The molecule has 0 aromatic heterocycles. The van der Waals surface area contributed by atoms with Gasteiger partial charge in [-0.3, -0.25) is 9.10 Å². The molecule has 13 heteroatoms. The van der Waals surface area contributed by atoms with E-state index in [2.05, 4.69) is 10.1 Å². The molecule has 0 saturated carbocycles. The number of fused-ring (bicyclic) bond motifs is 1. The number of halogens is 3. The molecule has 1 unspecified atom stereocenters. The van der Waals surface area contributed by atoms with Gasteiger partial charge in [-0.2, -0.15) is 8.78 Å². The summed E-state index contributed by atoms with van der Waals surface area (Å²) in [5.41, 5.74) is -0.555. The van der Waals surface area contributed by atoms with Crippen LogP contribution in [-0.2, 0) is 14.8 Å². The maximum atomic E-state index is 14.0. The number of anilines is 2. The Hall–Kier alpha value is -4.26. The van der Waals surface area contributed by atoms with E-state index < -0.39 is 52.5 Å². The van der Waals surface area contributed by atoms with Crippen LogP contribution in [0.25, 0.3) is 0 Å². The Balaban J connectivity index is 1.63. The number of sulfonamides is 1. The molecule has 9 nitrogen and oxygen atoms in total. The molecule has 0 fully saturated rings. The summed E-state index contributed by atoms with van der Waals surface area (Å²) in [6.45, 7) is -3.66. The van der Waals surface area contributed by atoms with Crippen LogP contribution >= 0.6 is 0 Å². The van der Waals surface area contributed by atoms with Gasteiger partial charge in [-0.1, -0.05) is 18.2 Å². The van der Waals surface area contributed by atoms with Gasteiger partial charge in [-0.15, -0.1) is 0 Å². The topological polar surface area (TPSA) is 122 Å². The molecule has 0 aliphatic carbocycles. The second-order valence-electron chi connectivity index (χ2n) is 7.45. The number of carboxylic acids is 1. The molecule has 1 aliphatic heterocycles. The number of nitrogens with one attached hydrogen (secondary N) is 1. The molecule has 0 radical (unpaired) electrons. The number of carboxylic acid groups (broad SMARTS) is 1. The van der Waals surface area contributed by atoms with E-state index in [1.807, 2.05) is 0 Å². The Morgan fingerprint density at radius 2 is 1.83 bits per heavy atom. The van der Waals surface area contributed by atoms with Crippen LogP contribution in [0.5, 0.6) is 11.5 Å². The molecule has 1 aliphatic rings. The molecule has 3 aromatic carbocycles. The standard InChI is InChI=1S/C23H17F3N2O7S/c24-17-10-13(8-9-16(17)22(30)31)27-21(29)20-12-28(18-6-1-2-7-19(18)35-20)36(32,33)15-5-3-4-14(11-15)34-23(25)26/h1-11,20,23H,12H2,(H,27,29)(H,30,31). The molecule has 4 rings (SSSR count). The lowest BCUT2D eigenvalue weighted by Gasteiger charge is -2.34. The van der Waals surface area contributed by atoms with Crippen molar-refractivity contribution in [3.8, 4) is 11.5 Å². The summed E-state index contributed by atoms with van der Waals surface area (Å²) in [6, 6.07) is 13.5. The second-order valence-corrected chi connectivity index (χ2v) is 9.32. The predicted octanol–water partition coefficient (Wildman–Crippen LogP) is 3.72. The molecule has 0 spiro atoms. The number of carbonyl (C=O) groups is 2. The summed E-state index contributed by atoms with van der Waals surface area (Å²) in [7, 11) is -4.37. The zero-order valence-electron chi connectivity index (χ0n) is 18.1. The number of benzene rings is 3. The van der Waals surface area contributed by atoms with Crippen LogP contribution in [0.2, 0.25) is 0 Å².